The molecule has 40 heavy (non-hydrogen) atoms. The topological polar surface area (TPSA) is 106 Å². The largest absolute Gasteiger partial charge is 0.368 e. The summed E-state index contributed by atoms with van der Waals surface area (Å²) >= 11 is 0. The van der Waals surface area contributed by atoms with Gasteiger partial charge in [0, 0.05) is 51.8 Å². The molecular weight excluding hydrogens is 502 g/mol. The minimum atomic E-state index is -0.0820. The van der Waals surface area contributed by atoms with E-state index in [1.54, 1.807) is 0 Å². The molecule has 2 amide bonds. The number of unbranched alkanes of at least 4 members (excludes halogenated alkanes) is 1. The zero-order chi connectivity index (χ0) is 27.7. The third kappa shape index (κ3) is 7.04. The van der Waals surface area contributed by atoms with Gasteiger partial charge in [-0.1, -0.05) is 60.7 Å². The molecular formula is C31H37N7O2. The molecule has 0 atom stereocenters. The van der Waals surface area contributed by atoms with E-state index in [1.165, 1.54) is 18.9 Å². The molecule has 0 unspecified atom stereocenters. The fraction of sp³-hybridized carbons (Fsp3) is 0.355. The molecule has 1 fully saturated rings. The van der Waals surface area contributed by atoms with Crippen molar-refractivity contribution in [1.29, 1.82) is 0 Å². The van der Waals surface area contributed by atoms with Crippen molar-refractivity contribution in [1.82, 2.24) is 30.1 Å². The summed E-state index contributed by atoms with van der Waals surface area (Å²) in [6.07, 6.45) is 3.44. The van der Waals surface area contributed by atoms with E-state index < -0.39 is 0 Å². The highest BCUT2D eigenvalue weighted by Crippen LogP contribution is 2.26. The molecule has 9 heteroatoms. The predicted octanol–water partition coefficient (Wildman–Crippen LogP) is 3.95. The number of nitrogens with zero attached hydrogens (tertiary/aromatic N) is 4. The molecule has 4 aromatic rings. The van der Waals surface area contributed by atoms with Gasteiger partial charge in [-0.15, -0.1) is 0 Å². The Morgan fingerprint density at radius 2 is 1.62 bits per heavy atom. The van der Waals surface area contributed by atoms with Crippen LogP contribution in [0.4, 0.5) is 5.82 Å². The number of anilines is 1. The molecule has 5 rings (SSSR count). The lowest BCUT2D eigenvalue weighted by molar-refractivity contribution is -0.118. The van der Waals surface area contributed by atoms with Gasteiger partial charge >= 0.3 is 0 Å². The summed E-state index contributed by atoms with van der Waals surface area (Å²) in [5.74, 6) is 1.09. The van der Waals surface area contributed by atoms with Gasteiger partial charge in [-0.05, 0) is 37.4 Å². The number of aryl methyl sites for hydroxylation is 1. The number of aromatic amines is 1. The van der Waals surface area contributed by atoms with Crippen LogP contribution in [0.15, 0.2) is 66.7 Å². The highest BCUT2D eigenvalue weighted by Gasteiger charge is 2.24. The maximum Gasteiger partial charge on any atom is 0.270 e. The molecule has 9 nitrogen and oxygen atoms in total. The van der Waals surface area contributed by atoms with Crippen molar-refractivity contribution in [2.75, 3.05) is 51.1 Å². The molecule has 0 radical (unpaired) electrons. The van der Waals surface area contributed by atoms with Gasteiger partial charge in [0.1, 0.15) is 17.2 Å². The molecule has 0 saturated carbocycles. The second-order valence-corrected chi connectivity index (χ2v) is 10.2. The minimum Gasteiger partial charge on any atom is -0.368 e. The van der Waals surface area contributed by atoms with Crippen LogP contribution >= 0.6 is 0 Å². The van der Waals surface area contributed by atoms with Gasteiger partial charge in [-0.2, -0.15) is 0 Å². The van der Waals surface area contributed by atoms with Gasteiger partial charge in [-0.3, -0.25) is 14.5 Å². The summed E-state index contributed by atoms with van der Waals surface area (Å²) in [7, 11) is 0. The molecule has 3 N–H and O–H groups in total. The van der Waals surface area contributed by atoms with Crippen LogP contribution in [-0.4, -0.2) is 82.4 Å². The minimum absolute atomic E-state index is 0.0211. The van der Waals surface area contributed by atoms with Gasteiger partial charge in [0.2, 0.25) is 5.91 Å². The van der Waals surface area contributed by atoms with Crippen molar-refractivity contribution in [2.24, 2.45) is 0 Å². The molecule has 3 heterocycles. The number of fused-ring (bicyclic) bond motifs is 1. The van der Waals surface area contributed by atoms with Crippen LogP contribution in [0.5, 0.6) is 0 Å². The van der Waals surface area contributed by atoms with Crippen LogP contribution in [0.25, 0.3) is 22.4 Å². The fourth-order valence-electron chi connectivity index (χ4n) is 5.05. The van der Waals surface area contributed by atoms with E-state index in [0.29, 0.717) is 49.2 Å². The number of piperazine rings is 1. The number of nitrogens with one attached hydrogen (secondary N) is 3. The Kier molecular flexibility index (Phi) is 9.03. The van der Waals surface area contributed by atoms with Crippen LogP contribution in [0.2, 0.25) is 0 Å². The average Bonchev–Trinajstić information content (AvgIpc) is 3.43. The Morgan fingerprint density at radius 1 is 0.900 bits per heavy atom. The second-order valence-electron chi connectivity index (χ2n) is 10.2. The van der Waals surface area contributed by atoms with Crippen LogP contribution < -0.4 is 10.6 Å². The summed E-state index contributed by atoms with van der Waals surface area (Å²) in [6.45, 7) is 6.69. The number of rotatable bonds is 11. The molecule has 0 spiro atoms. The summed E-state index contributed by atoms with van der Waals surface area (Å²) in [5.41, 5.74) is 3.40. The lowest BCUT2D eigenvalue weighted by Gasteiger charge is -2.34. The first-order valence-electron chi connectivity index (χ1n) is 14.1. The van der Waals surface area contributed by atoms with Gasteiger partial charge in [0.15, 0.2) is 5.82 Å². The molecule has 2 aromatic heterocycles. The highest BCUT2D eigenvalue weighted by atomic mass is 16.2. The van der Waals surface area contributed by atoms with Gasteiger partial charge in [0.05, 0.1) is 5.39 Å². The van der Waals surface area contributed by atoms with E-state index in [9.17, 15) is 9.59 Å². The number of benzene rings is 2. The highest BCUT2D eigenvalue weighted by molar-refractivity contribution is 6.00. The normalized spacial score (nSPS) is 13.9. The van der Waals surface area contributed by atoms with Crippen LogP contribution in [0, 0.1) is 0 Å². The molecule has 1 aliphatic rings. The Labute approximate surface area is 235 Å². The number of H-pyrrole nitrogens is 1. The monoisotopic (exact) mass is 539 g/mol. The van der Waals surface area contributed by atoms with E-state index in [0.717, 1.165) is 43.4 Å². The lowest BCUT2D eigenvalue weighted by Crippen LogP contribution is -2.48. The molecule has 1 aliphatic heterocycles. The van der Waals surface area contributed by atoms with Crippen LogP contribution in [0.1, 0.15) is 35.8 Å². The van der Waals surface area contributed by atoms with E-state index >= 15 is 0 Å². The quantitative estimate of drug-likeness (QED) is 0.249. The fourth-order valence-corrected chi connectivity index (χ4v) is 5.05. The van der Waals surface area contributed by atoms with Crippen molar-refractivity contribution >= 4 is 28.7 Å². The molecule has 1 saturated heterocycles. The summed E-state index contributed by atoms with van der Waals surface area (Å²) in [6, 6.07) is 22.2. The van der Waals surface area contributed by atoms with Crippen molar-refractivity contribution in [3.8, 4) is 11.4 Å². The van der Waals surface area contributed by atoms with E-state index in [-0.39, 0.29) is 11.8 Å². The van der Waals surface area contributed by atoms with E-state index in [4.69, 9.17) is 9.97 Å². The third-order valence-electron chi connectivity index (χ3n) is 7.23. The summed E-state index contributed by atoms with van der Waals surface area (Å²) in [5, 5.41) is 6.85. The van der Waals surface area contributed by atoms with Crippen molar-refractivity contribution < 1.29 is 9.59 Å². The Morgan fingerprint density at radius 3 is 2.35 bits per heavy atom. The van der Waals surface area contributed by atoms with Crippen LogP contribution in [0.3, 0.4) is 0 Å². The number of hydrogen-bond donors (Lipinski definition) is 3. The van der Waals surface area contributed by atoms with E-state index in [1.807, 2.05) is 41.3 Å². The predicted molar refractivity (Wildman–Crippen MR) is 158 cm³/mol. The first kappa shape index (κ1) is 27.3. The Hall–Kier alpha value is -4.24. The smallest absolute Gasteiger partial charge is 0.270 e. The summed E-state index contributed by atoms with van der Waals surface area (Å²) in [4.78, 5) is 41.8. The lowest BCUT2D eigenvalue weighted by atomic mass is 10.1. The molecule has 0 aliphatic carbocycles. The van der Waals surface area contributed by atoms with Crippen LogP contribution in [-0.2, 0) is 11.2 Å². The Bertz CT molecular complexity index is 1410. The number of amides is 2. The second kappa shape index (κ2) is 13.2. The van der Waals surface area contributed by atoms with Gasteiger partial charge in [0.25, 0.3) is 5.91 Å². The van der Waals surface area contributed by atoms with Gasteiger partial charge in [-0.25, -0.2) is 9.97 Å². The summed E-state index contributed by atoms with van der Waals surface area (Å²) < 4.78 is 0. The Balaban J connectivity index is 1.22. The average molecular weight is 540 g/mol. The number of carbonyl (C=O) groups is 2. The first-order chi connectivity index (χ1) is 19.6. The molecule has 2 aromatic carbocycles. The van der Waals surface area contributed by atoms with E-state index in [2.05, 4.69) is 50.8 Å². The van der Waals surface area contributed by atoms with Gasteiger partial charge < -0.3 is 20.5 Å². The number of carbonyl (C=O) groups excluding carboxylic acids is 2. The molecule has 208 valence electrons. The third-order valence-corrected chi connectivity index (χ3v) is 7.23. The molecule has 0 bridgehead atoms. The SMILES string of the molecule is CC(=O)NCCNc1nc(-c2ccccc2)nc2[nH]c(C(=O)N3CCN(CCCCc4ccccc4)CC3)cc12. The standard InChI is InChI=1S/C31H37N7O2/c1-23(39)32-15-16-33-29-26-22-27(34-30(26)36-28(35-29)25-13-6-3-7-14-25)31(40)38-20-18-37(19-21-38)17-9-8-12-24-10-4-2-5-11-24/h2-7,10-11,13-14,22H,8-9,12,15-21H2,1H3,(H,32,39)(H2,33,34,35,36). The van der Waals surface area contributed by atoms with Crippen molar-refractivity contribution in [2.45, 2.75) is 26.2 Å². The van der Waals surface area contributed by atoms with Crippen molar-refractivity contribution in [3.05, 3.63) is 78.0 Å². The maximum atomic E-state index is 13.5. The first-order valence-corrected chi connectivity index (χ1v) is 14.1. The number of hydrogen-bond acceptors (Lipinski definition) is 6. The number of aromatic nitrogens is 3. The maximum absolute atomic E-state index is 13.5. The zero-order valence-corrected chi connectivity index (χ0v) is 23.0. The zero-order valence-electron chi connectivity index (χ0n) is 23.0. The van der Waals surface area contributed by atoms with Crippen molar-refractivity contribution in [3.63, 3.8) is 0 Å².